The Morgan fingerprint density at radius 1 is 0.839 bits per heavy atom. The van der Waals surface area contributed by atoms with Crippen LogP contribution in [0.1, 0.15) is 17.0 Å². The summed E-state index contributed by atoms with van der Waals surface area (Å²) >= 11 is 0. The zero-order chi connectivity index (χ0) is 21.9. The summed E-state index contributed by atoms with van der Waals surface area (Å²) in [6.07, 6.45) is 6.40. The Balaban J connectivity index is 1.76. The first-order chi connectivity index (χ1) is 15.1. The van der Waals surface area contributed by atoms with Crippen LogP contribution in [0.15, 0.2) is 85.2 Å². The summed E-state index contributed by atoms with van der Waals surface area (Å²) in [7, 11) is 0. The van der Waals surface area contributed by atoms with E-state index in [1.165, 1.54) is 0 Å². The number of rotatable bonds is 9. The summed E-state index contributed by atoms with van der Waals surface area (Å²) in [4.78, 5) is 32.6. The van der Waals surface area contributed by atoms with Gasteiger partial charge in [-0.05, 0) is 29.7 Å². The number of hydrogen-bond donors (Lipinski definition) is 3. The Kier molecular flexibility index (Phi) is 7.88. The van der Waals surface area contributed by atoms with Gasteiger partial charge in [0.15, 0.2) is 5.82 Å². The van der Waals surface area contributed by atoms with Gasteiger partial charge in [-0.3, -0.25) is 4.79 Å². The van der Waals surface area contributed by atoms with E-state index < -0.39 is 18.0 Å². The number of benzene rings is 2. The fourth-order valence-corrected chi connectivity index (χ4v) is 3.13. The molecule has 3 aromatic rings. The van der Waals surface area contributed by atoms with E-state index in [0.29, 0.717) is 12.2 Å². The highest BCUT2D eigenvalue weighted by Crippen LogP contribution is 2.08. The topological polar surface area (TPSA) is 104 Å². The van der Waals surface area contributed by atoms with Gasteiger partial charge in [0.25, 0.3) is 0 Å². The van der Waals surface area contributed by atoms with Crippen molar-refractivity contribution in [2.24, 2.45) is 0 Å². The third-order valence-electron chi connectivity index (χ3n) is 4.59. The minimum atomic E-state index is -1.25. The van der Waals surface area contributed by atoms with Crippen molar-refractivity contribution < 1.29 is 14.7 Å². The molecular weight excluding hydrogens is 392 g/mol. The van der Waals surface area contributed by atoms with Gasteiger partial charge in [-0.15, -0.1) is 0 Å². The van der Waals surface area contributed by atoms with Gasteiger partial charge in [0.1, 0.15) is 6.04 Å². The van der Waals surface area contributed by atoms with E-state index in [1.54, 1.807) is 24.5 Å². The number of nitrogens with one attached hydrogen (secondary N) is 2. The van der Waals surface area contributed by atoms with Gasteiger partial charge in [0, 0.05) is 18.8 Å². The summed E-state index contributed by atoms with van der Waals surface area (Å²) in [5.74, 6) is 0.130. The van der Waals surface area contributed by atoms with E-state index in [0.717, 1.165) is 11.1 Å². The van der Waals surface area contributed by atoms with Gasteiger partial charge < -0.3 is 15.7 Å². The number of carbonyl (C=O) groups excluding carboxylic acids is 1. The van der Waals surface area contributed by atoms with Crippen LogP contribution in [0, 0.1) is 0 Å². The quantitative estimate of drug-likeness (QED) is 0.497. The van der Waals surface area contributed by atoms with Crippen molar-refractivity contribution in [1.29, 1.82) is 0 Å². The molecule has 1 heterocycles. The minimum Gasteiger partial charge on any atom is -0.465 e. The first kappa shape index (κ1) is 21.7. The highest BCUT2D eigenvalue weighted by molar-refractivity contribution is 5.86. The Morgan fingerprint density at radius 3 is 2.00 bits per heavy atom. The van der Waals surface area contributed by atoms with Crippen LogP contribution in [0.5, 0.6) is 0 Å². The molecule has 2 unspecified atom stereocenters. The van der Waals surface area contributed by atoms with E-state index in [-0.39, 0.29) is 12.5 Å². The minimum absolute atomic E-state index is 0.253. The number of nitrogens with zero attached hydrogens (tertiary/aromatic N) is 2. The predicted octanol–water partition coefficient (Wildman–Crippen LogP) is 3.10. The van der Waals surface area contributed by atoms with Crippen molar-refractivity contribution in [3.63, 3.8) is 0 Å². The molecule has 7 nitrogen and oxygen atoms in total. The zero-order valence-electron chi connectivity index (χ0n) is 16.9. The molecule has 0 aliphatic carbocycles. The third kappa shape index (κ3) is 7.40. The molecule has 0 bridgehead atoms. The number of amides is 2. The van der Waals surface area contributed by atoms with Crippen LogP contribution < -0.4 is 10.6 Å². The molecule has 31 heavy (non-hydrogen) atoms. The fourth-order valence-electron chi connectivity index (χ4n) is 3.13. The van der Waals surface area contributed by atoms with Crippen LogP contribution in [-0.2, 0) is 17.6 Å². The van der Waals surface area contributed by atoms with E-state index in [2.05, 4.69) is 20.6 Å². The lowest BCUT2D eigenvalue weighted by atomic mass is 10.0. The van der Waals surface area contributed by atoms with Crippen molar-refractivity contribution in [1.82, 2.24) is 20.6 Å². The molecule has 7 heteroatoms. The Morgan fingerprint density at radius 2 is 1.42 bits per heavy atom. The SMILES string of the molecule is O=C(O)NC(Cc1ccccc1)C(=O)NC(/C=C/c1ncccn1)Cc1ccccc1. The average molecular weight is 416 g/mol. The number of carboxylic acid groups (broad SMARTS) is 1. The summed E-state index contributed by atoms with van der Waals surface area (Å²) in [6.45, 7) is 0. The van der Waals surface area contributed by atoms with E-state index >= 15 is 0 Å². The second kappa shape index (κ2) is 11.3. The normalized spacial score (nSPS) is 12.8. The van der Waals surface area contributed by atoms with Crippen LogP contribution in [0.25, 0.3) is 6.08 Å². The fraction of sp³-hybridized carbons (Fsp3) is 0.167. The van der Waals surface area contributed by atoms with E-state index in [1.807, 2.05) is 66.7 Å². The maximum Gasteiger partial charge on any atom is 0.405 e. The number of hydrogen-bond acceptors (Lipinski definition) is 4. The second-order valence-electron chi connectivity index (χ2n) is 6.96. The summed E-state index contributed by atoms with van der Waals surface area (Å²) in [5.41, 5.74) is 1.90. The molecule has 3 rings (SSSR count). The molecule has 0 spiro atoms. The third-order valence-corrected chi connectivity index (χ3v) is 4.59. The molecule has 3 N–H and O–H groups in total. The molecule has 0 saturated carbocycles. The maximum atomic E-state index is 13.0. The van der Waals surface area contributed by atoms with Crippen molar-refractivity contribution in [3.8, 4) is 0 Å². The monoisotopic (exact) mass is 416 g/mol. The molecule has 0 aliphatic heterocycles. The van der Waals surface area contributed by atoms with Gasteiger partial charge in [0.05, 0.1) is 6.04 Å². The standard InChI is InChI=1S/C24H24N4O3/c29-23(21(28-24(30)31)17-19-10-5-2-6-11-19)27-20(16-18-8-3-1-4-9-18)12-13-22-25-14-7-15-26-22/h1-15,20-21,28H,16-17H2,(H,27,29)(H,30,31)/b13-12+. The summed E-state index contributed by atoms with van der Waals surface area (Å²) < 4.78 is 0. The van der Waals surface area contributed by atoms with E-state index in [9.17, 15) is 14.7 Å². The molecule has 0 fully saturated rings. The lowest BCUT2D eigenvalue weighted by molar-refractivity contribution is -0.123. The highest BCUT2D eigenvalue weighted by Gasteiger charge is 2.23. The lowest BCUT2D eigenvalue weighted by Crippen LogP contribution is -2.50. The molecular formula is C24H24N4O3. The van der Waals surface area contributed by atoms with Crippen LogP contribution in [0.4, 0.5) is 4.79 Å². The van der Waals surface area contributed by atoms with Crippen molar-refractivity contribution in [2.45, 2.75) is 24.9 Å². The predicted molar refractivity (Wildman–Crippen MR) is 118 cm³/mol. The largest absolute Gasteiger partial charge is 0.465 e. The average Bonchev–Trinajstić information content (AvgIpc) is 2.79. The van der Waals surface area contributed by atoms with Gasteiger partial charge in [-0.1, -0.05) is 66.7 Å². The molecule has 0 aliphatic rings. The number of aromatic nitrogens is 2. The molecule has 1 aromatic heterocycles. The van der Waals surface area contributed by atoms with E-state index in [4.69, 9.17) is 0 Å². The van der Waals surface area contributed by atoms with Crippen molar-refractivity contribution in [2.75, 3.05) is 0 Å². The van der Waals surface area contributed by atoms with Crippen LogP contribution >= 0.6 is 0 Å². The molecule has 0 radical (unpaired) electrons. The second-order valence-corrected chi connectivity index (χ2v) is 6.96. The van der Waals surface area contributed by atoms with Crippen LogP contribution in [0.3, 0.4) is 0 Å². The zero-order valence-corrected chi connectivity index (χ0v) is 16.9. The van der Waals surface area contributed by atoms with Gasteiger partial charge in [-0.2, -0.15) is 0 Å². The van der Waals surface area contributed by atoms with Gasteiger partial charge >= 0.3 is 6.09 Å². The van der Waals surface area contributed by atoms with Crippen molar-refractivity contribution >= 4 is 18.1 Å². The lowest BCUT2D eigenvalue weighted by Gasteiger charge is -2.21. The smallest absolute Gasteiger partial charge is 0.405 e. The van der Waals surface area contributed by atoms with Crippen LogP contribution in [0.2, 0.25) is 0 Å². The first-order valence-corrected chi connectivity index (χ1v) is 9.93. The highest BCUT2D eigenvalue weighted by atomic mass is 16.4. The van der Waals surface area contributed by atoms with Crippen LogP contribution in [-0.4, -0.2) is 39.2 Å². The Labute approximate surface area is 180 Å². The van der Waals surface area contributed by atoms with Crippen molar-refractivity contribution in [3.05, 3.63) is 102 Å². The maximum absolute atomic E-state index is 13.0. The Hall–Kier alpha value is -4.00. The number of carbonyl (C=O) groups is 2. The summed E-state index contributed by atoms with van der Waals surface area (Å²) in [5, 5.41) is 14.5. The molecule has 2 aromatic carbocycles. The van der Waals surface area contributed by atoms with Gasteiger partial charge in [0.2, 0.25) is 5.91 Å². The molecule has 2 atom stereocenters. The Bertz CT molecular complexity index is 995. The molecule has 0 saturated heterocycles. The molecule has 2 amide bonds. The first-order valence-electron chi connectivity index (χ1n) is 9.93. The molecule has 158 valence electrons. The summed E-state index contributed by atoms with van der Waals surface area (Å²) in [6, 6.07) is 19.5. The van der Waals surface area contributed by atoms with Gasteiger partial charge in [-0.25, -0.2) is 14.8 Å².